The number of nitrogens with zero attached hydrogens (tertiary/aromatic N) is 4. The van der Waals surface area contributed by atoms with Crippen LogP contribution in [0.5, 0.6) is 5.75 Å². The van der Waals surface area contributed by atoms with Gasteiger partial charge in [-0.2, -0.15) is 0 Å². The van der Waals surface area contributed by atoms with Crippen molar-refractivity contribution in [3.63, 3.8) is 0 Å². The van der Waals surface area contributed by atoms with Crippen molar-refractivity contribution in [1.29, 1.82) is 0 Å². The third-order valence-corrected chi connectivity index (χ3v) is 6.00. The first-order chi connectivity index (χ1) is 16.0. The van der Waals surface area contributed by atoms with E-state index in [0.717, 1.165) is 11.3 Å². The highest BCUT2D eigenvalue weighted by molar-refractivity contribution is 7.99. The minimum Gasteiger partial charge on any atom is -0.486 e. The van der Waals surface area contributed by atoms with Gasteiger partial charge in [0.05, 0.1) is 24.5 Å². The number of amides is 1. The van der Waals surface area contributed by atoms with Crippen molar-refractivity contribution in [3.8, 4) is 5.75 Å². The van der Waals surface area contributed by atoms with Gasteiger partial charge in [-0.05, 0) is 31.5 Å². The molecule has 9 nitrogen and oxygen atoms in total. The van der Waals surface area contributed by atoms with E-state index in [1.165, 1.54) is 23.1 Å². The number of benzene rings is 1. The summed E-state index contributed by atoms with van der Waals surface area (Å²) in [5.74, 6) is 0.939. The Morgan fingerprint density at radius 2 is 2.18 bits per heavy atom. The second kappa shape index (κ2) is 12.2. The molecular weight excluding hydrogens is 462 g/mol. The largest absolute Gasteiger partial charge is 0.486 e. The molecule has 3 aromatic rings. The average molecular weight is 488 g/mol. The van der Waals surface area contributed by atoms with Crippen molar-refractivity contribution in [2.24, 2.45) is 0 Å². The summed E-state index contributed by atoms with van der Waals surface area (Å²) in [6.07, 6.45) is 1.82. The average Bonchev–Trinajstić information content (AvgIpc) is 3.38. The van der Waals surface area contributed by atoms with E-state index in [2.05, 4.69) is 27.1 Å². The molecule has 0 saturated carbocycles. The van der Waals surface area contributed by atoms with Crippen LogP contribution in [0.2, 0.25) is 0 Å². The van der Waals surface area contributed by atoms with Gasteiger partial charge in [0.2, 0.25) is 5.91 Å². The molecule has 0 unspecified atom stereocenters. The Labute approximate surface area is 200 Å². The van der Waals surface area contributed by atoms with Crippen LogP contribution in [-0.4, -0.2) is 44.0 Å². The van der Waals surface area contributed by atoms with Gasteiger partial charge >= 0.3 is 5.97 Å². The molecule has 33 heavy (non-hydrogen) atoms. The lowest BCUT2D eigenvalue weighted by molar-refractivity contribution is -0.142. The van der Waals surface area contributed by atoms with Gasteiger partial charge in [-0.1, -0.05) is 30.0 Å². The van der Waals surface area contributed by atoms with Crippen molar-refractivity contribution < 1.29 is 19.1 Å². The smallest absolute Gasteiger partial charge is 0.311 e. The summed E-state index contributed by atoms with van der Waals surface area (Å²) in [7, 11) is 0. The molecule has 0 aliphatic heterocycles. The third kappa shape index (κ3) is 7.43. The number of anilines is 1. The molecule has 0 spiro atoms. The van der Waals surface area contributed by atoms with Crippen LogP contribution in [0.3, 0.4) is 0 Å². The Morgan fingerprint density at radius 1 is 1.33 bits per heavy atom. The predicted molar refractivity (Wildman–Crippen MR) is 128 cm³/mol. The van der Waals surface area contributed by atoms with Gasteiger partial charge in [0, 0.05) is 11.9 Å². The minimum absolute atomic E-state index is 0.0764. The number of rotatable bonds is 12. The third-order valence-electron chi connectivity index (χ3n) is 4.22. The number of carbonyl (C=O) groups excluding carboxylic acids is 2. The van der Waals surface area contributed by atoms with E-state index >= 15 is 0 Å². The van der Waals surface area contributed by atoms with E-state index in [9.17, 15) is 9.59 Å². The van der Waals surface area contributed by atoms with Gasteiger partial charge in [0.1, 0.15) is 12.4 Å². The first-order valence-electron chi connectivity index (χ1n) is 10.2. The molecule has 0 bridgehead atoms. The lowest BCUT2D eigenvalue weighted by Crippen LogP contribution is -2.15. The zero-order valence-corrected chi connectivity index (χ0v) is 20.1. The number of aromatic nitrogens is 4. The molecular formula is C22H25N5O4S2. The predicted octanol–water partition coefficient (Wildman–Crippen LogP) is 3.64. The van der Waals surface area contributed by atoms with Gasteiger partial charge < -0.3 is 14.8 Å². The molecule has 0 saturated heterocycles. The number of hydrogen-bond donors (Lipinski definition) is 1. The molecule has 2 heterocycles. The number of aryl methyl sites for hydroxylation is 1. The maximum Gasteiger partial charge on any atom is 0.311 e. The molecule has 1 N–H and O–H groups in total. The summed E-state index contributed by atoms with van der Waals surface area (Å²) in [5.41, 5.74) is 1.67. The Bertz CT molecular complexity index is 1110. The molecule has 11 heteroatoms. The fourth-order valence-corrected chi connectivity index (χ4v) is 4.28. The van der Waals surface area contributed by atoms with Gasteiger partial charge in [-0.3, -0.25) is 14.2 Å². The highest BCUT2D eigenvalue weighted by atomic mass is 32.2. The number of carbonyl (C=O) groups is 2. The van der Waals surface area contributed by atoms with E-state index in [1.807, 2.05) is 35.8 Å². The Hall–Kier alpha value is -3.18. The van der Waals surface area contributed by atoms with Gasteiger partial charge in [-0.25, -0.2) is 4.98 Å². The fourth-order valence-electron chi connectivity index (χ4n) is 2.79. The molecule has 0 aliphatic carbocycles. The van der Waals surface area contributed by atoms with Crippen LogP contribution in [0, 0.1) is 6.92 Å². The van der Waals surface area contributed by atoms with Crippen LogP contribution in [0.1, 0.15) is 24.0 Å². The number of hydrogen-bond acceptors (Lipinski definition) is 9. The zero-order chi connectivity index (χ0) is 23.6. The van der Waals surface area contributed by atoms with Crippen LogP contribution < -0.4 is 10.1 Å². The number of allylic oxidation sites excluding steroid dienone is 1. The van der Waals surface area contributed by atoms with E-state index in [0.29, 0.717) is 35.0 Å². The van der Waals surface area contributed by atoms with E-state index < -0.39 is 0 Å². The maximum atomic E-state index is 12.4. The Kier molecular flexibility index (Phi) is 9.02. The molecule has 0 aliphatic rings. The molecule has 0 atom stereocenters. The highest BCUT2D eigenvalue weighted by Gasteiger charge is 2.15. The quantitative estimate of drug-likeness (QED) is 0.234. The monoisotopic (exact) mass is 487 g/mol. The van der Waals surface area contributed by atoms with E-state index in [-0.39, 0.29) is 30.7 Å². The summed E-state index contributed by atoms with van der Waals surface area (Å²) in [6.45, 7) is 8.60. The molecule has 1 aromatic carbocycles. The summed E-state index contributed by atoms with van der Waals surface area (Å²) in [6, 6.07) is 7.77. The normalized spacial score (nSPS) is 10.6. The molecule has 0 fully saturated rings. The first-order valence-corrected chi connectivity index (χ1v) is 12.1. The SMILES string of the molecule is C=CCn1c(COc2cccc(C)c2)nnc1SCC(=O)Nc1nc(CC(=O)OCC)cs1. The number of thiazole rings is 1. The van der Waals surface area contributed by atoms with Crippen LogP contribution >= 0.6 is 23.1 Å². The van der Waals surface area contributed by atoms with Crippen molar-refractivity contribution in [1.82, 2.24) is 19.7 Å². The zero-order valence-electron chi connectivity index (χ0n) is 18.4. The van der Waals surface area contributed by atoms with E-state index in [4.69, 9.17) is 9.47 Å². The first kappa shape index (κ1) is 24.5. The number of esters is 1. The Balaban J connectivity index is 1.55. The van der Waals surface area contributed by atoms with E-state index in [1.54, 1.807) is 18.4 Å². The second-order valence-electron chi connectivity index (χ2n) is 6.87. The van der Waals surface area contributed by atoms with Crippen molar-refractivity contribution in [2.75, 3.05) is 17.7 Å². The molecule has 174 valence electrons. The van der Waals surface area contributed by atoms with Gasteiger partial charge in [0.15, 0.2) is 16.1 Å². The second-order valence-corrected chi connectivity index (χ2v) is 8.67. The fraction of sp³-hybridized carbons (Fsp3) is 0.318. The van der Waals surface area contributed by atoms with Crippen molar-refractivity contribution in [3.05, 3.63) is 59.4 Å². The van der Waals surface area contributed by atoms with Crippen LogP contribution in [0.4, 0.5) is 5.13 Å². The maximum absolute atomic E-state index is 12.4. The lowest BCUT2D eigenvalue weighted by atomic mass is 10.2. The van der Waals surface area contributed by atoms with Crippen molar-refractivity contribution >= 4 is 40.1 Å². The standard InChI is InChI=1S/C22H25N5O4S2/c1-4-9-27-18(12-31-17-8-6-7-15(3)10-17)25-26-22(27)33-14-19(28)24-21-23-16(13-32-21)11-20(29)30-5-2/h4,6-8,10,13H,1,5,9,11-12,14H2,2-3H3,(H,23,24,28). The number of ether oxygens (including phenoxy) is 2. The minimum atomic E-state index is -0.347. The van der Waals surface area contributed by atoms with Gasteiger partial charge in [0.25, 0.3) is 0 Å². The summed E-state index contributed by atoms with van der Waals surface area (Å²) < 4.78 is 12.6. The topological polar surface area (TPSA) is 108 Å². The molecule has 2 aromatic heterocycles. The summed E-state index contributed by atoms with van der Waals surface area (Å²) in [4.78, 5) is 28.2. The lowest BCUT2D eigenvalue weighted by Gasteiger charge is -2.09. The Morgan fingerprint density at radius 3 is 2.94 bits per heavy atom. The summed E-state index contributed by atoms with van der Waals surface area (Å²) >= 11 is 2.52. The van der Waals surface area contributed by atoms with Crippen molar-refractivity contribution in [2.45, 2.75) is 38.6 Å². The molecule has 1 amide bonds. The highest BCUT2D eigenvalue weighted by Crippen LogP contribution is 2.21. The van der Waals surface area contributed by atoms with Crippen LogP contribution in [0.15, 0.2) is 47.5 Å². The number of thioether (sulfide) groups is 1. The number of nitrogens with one attached hydrogen (secondary N) is 1. The molecule has 0 radical (unpaired) electrons. The molecule has 3 rings (SSSR count). The van der Waals surface area contributed by atoms with Crippen LogP contribution in [-0.2, 0) is 33.9 Å². The summed E-state index contributed by atoms with van der Waals surface area (Å²) in [5, 5.41) is 13.9. The van der Waals surface area contributed by atoms with Gasteiger partial charge in [-0.15, -0.1) is 28.1 Å². The van der Waals surface area contributed by atoms with Crippen LogP contribution in [0.25, 0.3) is 0 Å².